The average Bonchev–Trinajstić information content (AvgIpc) is 2.78. The maximum atomic E-state index is 13.3. The van der Waals surface area contributed by atoms with Crippen molar-refractivity contribution in [2.24, 2.45) is 0 Å². The van der Waals surface area contributed by atoms with Gasteiger partial charge in [0.25, 0.3) is 10.0 Å². The van der Waals surface area contributed by atoms with Crippen LogP contribution in [0.4, 0.5) is 10.1 Å². The minimum atomic E-state index is -4.16. The lowest BCUT2D eigenvalue weighted by molar-refractivity contribution is -0.120. The lowest BCUT2D eigenvalue weighted by Gasteiger charge is -2.25. The Labute approximate surface area is 199 Å². The van der Waals surface area contributed by atoms with E-state index >= 15 is 0 Å². The second kappa shape index (κ2) is 9.94. The molecular formula is C24H25FN2O5S2. The molecule has 0 bridgehead atoms. The Morgan fingerprint density at radius 1 is 0.882 bits per heavy atom. The largest absolute Gasteiger partial charge is 0.348 e. The molecule has 0 spiro atoms. The van der Waals surface area contributed by atoms with Crippen LogP contribution in [0.1, 0.15) is 24.1 Å². The molecule has 3 rings (SSSR count). The Hall–Kier alpha value is -3.24. The summed E-state index contributed by atoms with van der Waals surface area (Å²) in [7, 11) is -7.51. The molecule has 0 aliphatic heterocycles. The molecule has 0 aliphatic rings. The van der Waals surface area contributed by atoms with Crippen LogP contribution in [0.25, 0.3) is 0 Å². The number of sulfonamides is 1. The van der Waals surface area contributed by atoms with E-state index in [9.17, 15) is 26.0 Å². The number of hydrogen-bond acceptors (Lipinski definition) is 5. The number of anilines is 1. The standard InChI is InChI=1S/C24H25FN2O5S2/c1-17-4-10-21(11-5-17)27(34(31,32)23-14-8-20(25)9-15-23)16-24(28)26-18(2)19-6-12-22(13-7-19)33(3,29)30/h4-15,18H,16H2,1-3H3,(H,26,28)/t18-/m0/s1. The zero-order valence-electron chi connectivity index (χ0n) is 18.9. The van der Waals surface area contributed by atoms with Gasteiger partial charge < -0.3 is 5.32 Å². The van der Waals surface area contributed by atoms with Crippen LogP contribution in [0.15, 0.2) is 82.6 Å². The van der Waals surface area contributed by atoms with Gasteiger partial charge in [-0.15, -0.1) is 0 Å². The number of carbonyl (C=O) groups excluding carboxylic acids is 1. The van der Waals surface area contributed by atoms with E-state index < -0.39 is 44.2 Å². The van der Waals surface area contributed by atoms with E-state index in [1.807, 2.05) is 6.92 Å². The molecule has 0 saturated heterocycles. The molecule has 3 aromatic carbocycles. The summed E-state index contributed by atoms with van der Waals surface area (Å²) >= 11 is 0. The Morgan fingerprint density at radius 3 is 1.94 bits per heavy atom. The fourth-order valence-corrected chi connectivity index (χ4v) is 5.32. The van der Waals surface area contributed by atoms with Crippen LogP contribution >= 0.6 is 0 Å². The van der Waals surface area contributed by atoms with E-state index in [-0.39, 0.29) is 15.5 Å². The summed E-state index contributed by atoms with van der Waals surface area (Å²) in [6, 6.07) is 16.6. The second-order valence-corrected chi connectivity index (χ2v) is 11.8. The first-order valence-corrected chi connectivity index (χ1v) is 13.7. The van der Waals surface area contributed by atoms with Crippen molar-refractivity contribution >= 4 is 31.5 Å². The van der Waals surface area contributed by atoms with Crippen molar-refractivity contribution in [2.75, 3.05) is 17.1 Å². The lowest BCUT2D eigenvalue weighted by Crippen LogP contribution is -2.41. The maximum Gasteiger partial charge on any atom is 0.264 e. The lowest BCUT2D eigenvalue weighted by atomic mass is 10.1. The van der Waals surface area contributed by atoms with Crippen LogP contribution in [0.2, 0.25) is 0 Å². The Kier molecular flexibility index (Phi) is 7.42. The molecule has 1 atom stereocenters. The van der Waals surface area contributed by atoms with Crippen LogP contribution in [0, 0.1) is 12.7 Å². The molecule has 0 radical (unpaired) electrons. The quantitative estimate of drug-likeness (QED) is 0.505. The van der Waals surface area contributed by atoms with Crippen LogP contribution in [0.3, 0.4) is 0 Å². The number of amides is 1. The smallest absolute Gasteiger partial charge is 0.264 e. The third kappa shape index (κ3) is 6.00. The zero-order valence-corrected chi connectivity index (χ0v) is 20.5. The SMILES string of the molecule is Cc1ccc(N(CC(=O)N[C@@H](C)c2ccc(S(C)(=O)=O)cc2)S(=O)(=O)c2ccc(F)cc2)cc1. The maximum absolute atomic E-state index is 13.3. The highest BCUT2D eigenvalue weighted by atomic mass is 32.2. The number of aryl methyl sites for hydroxylation is 1. The first-order chi connectivity index (χ1) is 15.9. The molecule has 0 unspecified atom stereocenters. The molecule has 0 fully saturated rings. The molecule has 7 nitrogen and oxygen atoms in total. The monoisotopic (exact) mass is 504 g/mol. The van der Waals surface area contributed by atoms with Gasteiger partial charge in [-0.25, -0.2) is 21.2 Å². The van der Waals surface area contributed by atoms with E-state index in [0.717, 1.165) is 40.4 Å². The number of halogens is 1. The molecule has 34 heavy (non-hydrogen) atoms. The highest BCUT2D eigenvalue weighted by Crippen LogP contribution is 2.24. The summed E-state index contributed by atoms with van der Waals surface area (Å²) in [6.07, 6.45) is 1.11. The van der Waals surface area contributed by atoms with Crippen molar-refractivity contribution in [2.45, 2.75) is 29.7 Å². The summed E-state index contributed by atoms with van der Waals surface area (Å²) < 4.78 is 64.2. The summed E-state index contributed by atoms with van der Waals surface area (Å²) in [5, 5.41) is 2.74. The normalized spacial score (nSPS) is 12.7. The van der Waals surface area contributed by atoms with Gasteiger partial charge in [0.1, 0.15) is 12.4 Å². The van der Waals surface area contributed by atoms with Crippen molar-refractivity contribution in [3.05, 3.63) is 89.7 Å². The number of rotatable bonds is 8. The summed E-state index contributed by atoms with van der Waals surface area (Å²) in [4.78, 5) is 12.9. The van der Waals surface area contributed by atoms with Crippen LogP contribution in [-0.4, -0.2) is 35.5 Å². The topological polar surface area (TPSA) is 101 Å². The number of benzene rings is 3. The van der Waals surface area contributed by atoms with Crippen LogP contribution < -0.4 is 9.62 Å². The van der Waals surface area contributed by atoms with Gasteiger partial charge in [-0.1, -0.05) is 29.8 Å². The summed E-state index contributed by atoms with van der Waals surface area (Å²) in [6.45, 7) is 3.05. The van der Waals surface area contributed by atoms with E-state index in [2.05, 4.69) is 5.32 Å². The van der Waals surface area contributed by atoms with E-state index in [4.69, 9.17) is 0 Å². The highest BCUT2D eigenvalue weighted by Gasteiger charge is 2.28. The Balaban J connectivity index is 1.85. The molecule has 1 N–H and O–H groups in total. The molecule has 0 aliphatic carbocycles. The number of hydrogen-bond donors (Lipinski definition) is 1. The van der Waals surface area contributed by atoms with E-state index in [1.54, 1.807) is 43.3 Å². The Morgan fingerprint density at radius 2 is 1.41 bits per heavy atom. The molecule has 0 aromatic heterocycles. The number of carbonyl (C=O) groups is 1. The molecule has 3 aromatic rings. The fourth-order valence-electron chi connectivity index (χ4n) is 3.26. The molecule has 10 heteroatoms. The molecule has 1 amide bonds. The number of nitrogens with one attached hydrogen (secondary N) is 1. The van der Waals surface area contributed by atoms with Gasteiger partial charge in [0.05, 0.1) is 21.5 Å². The van der Waals surface area contributed by atoms with Crippen LogP contribution in [0.5, 0.6) is 0 Å². The van der Waals surface area contributed by atoms with Crippen molar-refractivity contribution in [1.82, 2.24) is 5.32 Å². The minimum Gasteiger partial charge on any atom is -0.348 e. The van der Waals surface area contributed by atoms with E-state index in [1.165, 1.54) is 12.1 Å². The number of nitrogens with zero attached hydrogens (tertiary/aromatic N) is 1. The minimum absolute atomic E-state index is 0.147. The first-order valence-electron chi connectivity index (χ1n) is 10.3. The molecular weight excluding hydrogens is 479 g/mol. The van der Waals surface area contributed by atoms with Gasteiger partial charge in [-0.05, 0) is 67.9 Å². The van der Waals surface area contributed by atoms with Gasteiger partial charge in [0.15, 0.2) is 9.84 Å². The third-order valence-electron chi connectivity index (χ3n) is 5.20. The number of sulfone groups is 1. The molecule has 0 saturated carbocycles. The van der Waals surface area contributed by atoms with Gasteiger partial charge in [-0.2, -0.15) is 0 Å². The predicted molar refractivity (Wildman–Crippen MR) is 128 cm³/mol. The van der Waals surface area contributed by atoms with Gasteiger partial charge in [0, 0.05) is 6.26 Å². The van der Waals surface area contributed by atoms with Crippen molar-refractivity contribution in [1.29, 1.82) is 0 Å². The Bertz CT molecular complexity index is 1370. The molecule has 180 valence electrons. The van der Waals surface area contributed by atoms with Crippen molar-refractivity contribution in [3.8, 4) is 0 Å². The van der Waals surface area contributed by atoms with Gasteiger partial charge in [-0.3, -0.25) is 9.10 Å². The van der Waals surface area contributed by atoms with E-state index in [0.29, 0.717) is 5.56 Å². The fraction of sp³-hybridized carbons (Fsp3) is 0.208. The molecule has 0 heterocycles. The van der Waals surface area contributed by atoms with Gasteiger partial charge >= 0.3 is 0 Å². The first kappa shape index (κ1) is 25.4. The van der Waals surface area contributed by atoms with Crippen LogP contribution in [-0.2, 0) is 24.7 Å². The predicted octanol–water partition coefficient (Wildman–Crippen LogP) is 3.61. The van der Waals surface area contributed by atoms with Crippen molar-refractivity contribution < 1.29 is 26.0 Å². The highest BCUT2D eigenvalue weighted by molar-refractivity contribution is 7.93. The van der Waals surface area contributed by atoms with Gasteiger partial charge in [0.2, 0.25) is 5.91 Å². The summed E-state index contributed by atoms with van der Waals surface area (Å²) in [5.74, 6) is -1.14. The summed E-state index contributed by atoms with van der Waals surface area (Å²) in [5.41, 5.74) is 1.86. The second-order valence-electron chi connectivity index (χ2n) is 7.93. The zero-order chi connectivity index (χ0) is 25.1. The average molecular weight is 505 g/mol. The third-order valence-corrected chi connectivity index (χ3v) is 8.11. The van der Waals surface area contributed by atoms with Crippen molar-refractivity contribution in [3.63, 3.8) is 0 Å².